The number of hydrogen-bond acceptors (Lipinski definition) is 2. The molecule has 2 rings (SSSR count). The van der Waals surface area contributed by atoms with Crippen LogP contribution in [0.15, 0.2) is 24.3 Å². The van der Waals surface area contributed by atoms with Gasteiger partial charge in [-0.2, -0.15) is 5.10 Å². The van der Waals surface area contributed by atoms with Crippen molar-refractivity contribution in [2.75, 3.05) is 6.54 Å². The zero-order chi connectivity index (χ0) is 15.4. The molecule has 0 bridgehead atoms. The van der Waals surface area contributed by atoms with Crippen LogP contribution in [0.25, 0.3) is 0 Å². The molecule has 21 heavy (non-hydrogen) atoms. The molecule has 1 N–H and O–H groups in total. The molecule has 3 nitrogen and oxygen atoms in total. The van der Waals surface area contributed by atoms with Crippen molar-refractivity contribution in [3.05, 3.63) is 51.8 Å². The summed E-state index contributed by atoms with van der Waals surface area (Å²) in [5.74, 6) is 0. The molecule has 1 unspecified atom stereocenters. The lowest BCUT2D eigenvalue weighted by Crippen LogP contribution is -2.33. The van der Waals surface area contributed by atoms with E-state index in [0.29, 0.717) is 6.04 Å². The molecule has 1 heterocycles. The van der Waals surface area contributed by atoms with Crippen molar-refractivity contribution in [3.63, 3.8) is 0 Å². The summed E-state index contributed by atoms with van der Waals surface area (Å²) in [6.07, 6.45) is 1.88. The van der Waals surface area contributed by atoms with Crippen LogP contribution in [0.4, 0.5) is 0 Å². The second-order valence-corrected chi connectivity index (χ2v) is 6.00. The van der Waals surface area contributed by atoms with Gasteiger partial charge in [0.25, 0.3) is 0 Å². The molecule has 0 saturated carbocycles. The molecule has 2 aromatic rings. The van der Waals surface area contributed by atoms with Gasteiger partial charge in [-0.15, -0.1) is 0 Å². The lowest BCUT2D eigenvalue weighted by molar-refractivity contribution is 0.504. The quantitative estimate of drug-likeness (QED) is 0.886. The fourth-order valence-corrected chi connectivity index (χ4v) is 2.89. The monoisotopic (exact) mass is 305 g/mol. The lowest BCUT2D eigenvalue weighted by atomic mass is 10.0. The highest BCUT2D eigenvalue weighted by atomic mass is 35.5. The third kappa shape index (κ3) is 4.08. The van der Waals surface area contributed by atoms with Crippen molar-refractivity contribution < 1.29 is 0 Å². The molecule has 4 heteroatoms. The zero-order valence-electron chi connectivity index (χ0n) is 13.3. The van der Waals surface area contributed by atoms with Crippen LogP contribution in [-0.2, 0) is 19.9 Å². The Morgan fingerprint density at radius 3 is 2.38 bits per heavy atom. The molecular formula is C17H24ClN3. The van der Waals surface area contributed by atoms with E-state index in [9.17, 15) is 0 Å². The van der Waals surface area contributed by atoms with Gasteiger partial charge < -0.3 is 5.32 Å². The van der Waals surface area contributed by atoms with E-state index >= 15 is 0 Å². The summed E-state index contributed by atoms with van der Waals surface area (Å²) in [6.45, 7) is 7.15. The Kier molecular flexibility index (Phi) is 5.43. The van der Waals surface area contributed by atoms with Gasteiger partial charge in [-0.05, 0) is 32.4 Å². The summed E-state index contributed by atoms with van der Waals surface area (Å²) in [4.78, 5) is 0. The molecule has 0 amide bonds. The largest absolute Gasteiger partial charge is 0.314 e. The SMILES string of the molecule is CCNC(Cc1ccc(C)cc1)Cc1c(Cl)c(C)nn1C. The molecule has 1 aromatic heterocycles. The molecule has 1 atom stereocenters. The highest BCUT2D eigenvalue weighted by Gasteiger charge is 2.17. The second-order valence-electron chi connectivity index (χ2n) is 5.62. The Morgan fingerprint density at radius 2 is 1.86 bits per heavy atom. The lowest BCUT2D eigenvalue weighted by Gasteiger charge is -2.18. The van der Waals surface area contributed by atoms with Crippen molar-refractivity contribution in [1.82, 2.24) is 15.1 Å². The van der Waals surface area contributed by atoms with Gasteiger partial charge in [-0.1, -0.05) is 48.4 Å². The Morgan fingerprint density at radius 1 is 1.19 bits per heavy atom. The first-order valence-electron chi connectivity index (χ1n) is 7.48. The highest BCUT2D eigenvalue weighted by Crippen LogP contribution is 2.21. The number of benzene rings is 1. The molecule has 0 aliphatic rings. The first kappa shape index (κ1) is 16.1. The molecule has 0 spiro atoms. The Labute approximate surface area is 132 Å². The molecule has 0 aliphatic heterocycles. The Balaban J connectivity index is 2.13. The molecule has 0 fully saturated rings. The summed E-state index contributed by atoms with van der Waals surface area (Å²) >= 11 is 6.37. The van der Waals surface area contributed by atoms with E-state index in [1.165, 1.54) is 11.1 Å². The predicted molar refractivity (Wildman–Crippen MR) is 89.0 cm³/mol. The van der Waals surface area contributed by atoms with Crippen molar-refractivity contribution in [2.45, 2.75) is 39.7 Å². The first-order chi connectivity index (χ1) is 10.0. The number of nitrogens with one attached hydrogen (secondary N) is 1. The third-order valence-electron chi connectivity index (χ3n) is 3.80. The average Bonchev–Trinajstić information content (AvgIpc) is 2.68. The van der Waals surface area contributed by atoms with Crippen molar-refractivity contribution in [3.8, 4) is 0 Å². The Hall–Kier alpha value is -1.32. The summed E-state index contributed by atoms with van der Waals surface area (Å²) in [7, 11) is 1.96. The third-order valence-corrected chi connectivity index (χ3v) is 4.29. The maximum Gasteiger partial charge on any atom is 0.0847 e. The van der Waals surface area contributed by atoms with Crippen LogP contribution in [0.2, 0.25) is 5.02 Å². The van der Waals surface area contributed by atoms with E-state index in [2.05, 4.69) is 48.5 Å². The van der Waals surface area contributed by atoms with Crippen LogP contribution < -0.4 is 5.32 Å². The Bertz CT molecular complexity index is 587. The number of aromatic nitrogens is 2. The van der Waals surface area contributed by atoms with Gasteiger partial charge in [-0.3, -0.25) is 4.68 Å². The fraction of sp³-hybridized carbons (Fsp3) is 0.471. The molecule has 1 aromatic carbocycles. The van der Waals surface area contributed by atoms with Crippen molar-refractivity contribution >= 4 is 11.6 Å². The van der Waals surface area contributed by atoms with Crippen LogP contribution >= 0.6 is 11.6 Å². The normalized spacial score (nSPS) is 12.6. The minimum atomic E-state index is 0.366. The highest BCUT2D eigenvalue weighted by molar-refractivity contribution is 6.31. The summed E-state index contributed by atoms with van der Waals surface area (Å²) in [5, 5.41) is 8.75. The maximum absolute atomic E-state index is 6.37. The minimum absolute atomic E-state index is 0.366. The smallest absolute Gasteiger partial charge is 0.0847 e. The van der Waals surface area contributed by atoms with Crippen LogP contribution in [-0.4, -0.2) is 22.4 Å². The fourth-order valence-electron chi connectivity index (χ4n) is 2.65. The van der Waals surface area contributed by atoms with E-state index in [-0.39, 0.29) is 0 Å². The number of nitrogens with zero attached hydrogens (tertiary/aromatic N) is 2. The zero-order valence-corrected chi connectivity index (χ0v) is 14.0. The topological polar surface area (TPSA) is 29.9 Å². The maximum atomic E-state index is 6.37. The van der Waals surface area contributed by atoms with Gasteiger partial charge >= 0.3 is 0 Å². The van der Waals surface area contributed by atoms with Crippen molar-refractivity contribution in [2.24, 2.45) is 7.05 Å². The molecule has 0 saturated heterocycles. The van der Waals surface area contributed by atoms with Gasteiger partial charge in [0.2, 0.25) is 0 Å². The van der Waals surface area contributed by atoms with Gasteiger partial charge in [0.1, 0.15) is 0 Å². The van der Waals surface area contributed by atoms with Crippen LogP contribution in [0, 0.1) is 13.8 Å². The van der Waals surface area contributed by atoms with E-state index in [1.807, 2.05) is 18.7 Å². The van der Waals surface area contributed by atoms with Gasteiger partial charge in [0.15, 0.2) is 0 Å². The van der Waals surface area contributed by atoms with Gasteiger partial charge in [0, 0.05) is 19.5 Å². The van der Waals surface area contributed by atoms with E-state index in [0.717, 1.165) is 35.8 Å². The first-order valence-corrected chi connectivity index (χ1v) is 7.86. The van der Waals surface area contributed by atoms with E-state index < -0.39 is 0 Å². The predicted octanol–water partition coefficient (Wildman–Crippen LogP) is 3.45. The summed E-state index contributed by atoms with van der Waals surface area (Å²) in [5.41, 5.74) is 4.65. The van der Waals surface area contributed by atoms with Crippen LogP contribution in [0.5, 0.6) is 0 Å². The standard InChI is InChI=1S/C17H24ClN3/c1-5-19-15(10-14-8-6-12(2)7-9-14)11-16-17(18)13(3)20-21(16)4/h6-9,15,19H,5,10-11H2,1-4H3. The number of likely N-dealkylation sites (N-methyl/N-ethyl adjacent to an activating group) is 1. The second kappa shape index (κ2) is 7.10. The average molecular weight is 306 g/mol. The number of halogens is 1. The minimum Gasteiger partial charge on any atom is -0.314 e. The van der Waals surface area contributed by atoms with E-state index in [4.69, 9.17) is 11.6 Å². The molecule has 114 valence electrons. The number of hydrogen-bond donors (Lipinski definition) is 1. The molecule has 0 aliphatic carbocycles. The summed E-state index contributed by atoms with van der Waals surface area (Å²) < 4.78 is 1.90. The number of rotatable bonds is 6. The van der Waals surface area contributed by atoms with Crippen LogP contribution in [0.3, 0.4) is 0 Å². The molecule has 0 radical (unpaired) electrons. The van der Waals surface area contributed by atoms with E-state index in [1.54, 1.807) is 0 Å². The van der Waals surface area contributed by atoms with Crippen LogP contribution in [0.1, 0.15) is 29.4 Å². The number of aryl methyl sites for hydroxylation is 3. The molecular weight excluding hydrogens is 282 g/mol. The van der Waals surface area contributed by atoms with Gasteiger partial charge in [0.05, 0.1) is 16.4 Å². The van der Waals surface area contributed by atoms with Crippen molar-refractivity contribution in [1.29, 1.82) is 0 Å². The summed E-state index contributed by atoms with van der Waals surface area (Å²) in [6, 6.07) is 9.11. The van der Waals surface area contributed by atoms with Gasteiger partial charge in [-0.25, -0.2) is 0 Å².